The molecule has 4 heteroatoms. The molecule has 0 saturated carbocycles. The fourth-order valence-corrected chi connectivity index (χ4v) is 1.64. The summed E-state index contributed by atoms with van der Waals surface area (Å²) < 4.78 is 10.4. The SMILES string of the molecule is C=C(C(=O)OC)c1ccc(OC)c(Br)c1. The van der Waals surface area contributed by atoms with E-state index in [-0.39, 0.29) is 0 Å². The molecule has 0 spiro atoms. The van der Waals surface area contributed by atoms with Gasteiger partial charge in [-0.2, -0.15) is 0 Å². The van der Waals surface area contributed by atoms with Crippen molar-refractivity contribution in [2.45, 2.75) is 0 Å². The average Bonchev–Trinajstić information content (AvgIpc) is 2.26. The van der Waals surface area contributed by atoms with Gasteiger partial charge in [-0.3, -0.25) is 0 Å². The molecule has 0 aromatic heterocycles. The van der Waals surface area contributed by atoms with Crippen LogP contribution in [0.15, 0.2) is 29.3 Å². The fourth-order valence-electron chi connectivity index (χ4n) is 1.10. The lowest BCUT2D eigenvalue weighted by Crippen LogP contribution is -2.02. The smallest absolute Gasteiger partial charge is 0.337 e. The Bertz CT molecular complexity index is 399. The van der Waals surface area contributed by atoms with Crippen LogP contribution in [-0.2, 0) is 9.53 Å². The van der Waals surface area contributed by atoms with Gasteiger partial charge in [0.25, 0.3) is 0 Å². The highest BCUT2D eigenvalue weighted by atomic mass is 79.9. The summed E-state index contributed by atoms with van der Waals surface area (Å²) in [5.74, 6) is 0.267. The number of carbonyl (C=O) groups excluding carboxylic acids is 1. The maximum absolute atomic E-state index is 11.2. The molecule has 0 aliphatic carbocycles. The van der Waals surface area contributed by atoms with Crippen LogP contribution in [0.1, 0.15) is 5.56 Å². The Hall–Kier alpha value is -1.29. The average molecular weight is 271 g/mol. The lowest BCUT2D eigenvalue weighted by Gasteiger charge is -2.07. The van der Waals surface area contributed by atoms with Gasteiger partial charge in [0, 0.05) is 0 Å². The number of methoxy groups -OCH3 is 2. The highest BCUT2D eigenvalue weighted by Gasteiger charge is 2.11. The van der Waals surface area contributed by atoms with Crippen molar-refractivity contribution in [1.82, 2.24) is 0 Å². The zero-order valence-electron chi connectivity index (χ0n) is 8.54. The molecular formula is C11H11BrO3. The van der Waals surface area contributed by atoms with Crippen LogP contribution in [0.5, 0.6) is 5.75 Å². The van der Waals surface area contributed by atoms with E-state index in [1.807, 2.05) is 0 Å². The number of rotatable bonds is 3. The van der Waals surface area contributed by atoms with Gasteiger partial charge in [-0.1, -0.05) is 12.6 Å². The maximum atomic E-state index is 11.2. The monoisotopic (exact) mass is 270 g/mol. The Kier molecular flexibility index (Phi) is 3.91. The van der Waals surface area contributed by atoms with Crippen molar-refractivity contribution >= 4 is 27.5 Å². The molecule has 0 heterocycles. The highest BCUT2D eigenvalue weighted by molar-refractivity contribution is 9.10. The number of esters is 1. The molecular weight excluding hydrogens is 260 g/mol. The van der Waals surface area contributed by atoms with Gasteiger partial charge in [0.1, 0.15) is 5.75 Å². The standard InChI is InChI=1S/C11H11BrO3/c1-7(11(13)15-3)8-4-5-10(14-2)9(12)6-8/h4-6H,1H2,2-3H3. The molecule has 80 valence electrons. The first-order valence-electron chi connectivity index (χ1n) is 4.21. The van der Waals surface area contributed by atoms with Crippen molar-refractivity contribution in [1.29, 1.82) is 0 Å². The third-order valence-electron chi connectivity index (χ3n) is 1.93. The number of carbonyl (C=O) groups is 1. The molecule has 0 radical (unpaired) electrons. The van der Waals surface area contributed by atoms with E-state index in [2.05, 4.69) is 27.2 Å². The Morgan fingerprint density at radius 1 is 1.40 bits per heavy atom. The summed E-state index contributed by atoms with van der Waals surface area (Å²) in [6, 6.07) is 5.27. The lowest BCUT2D eigenvalue weighted by atomic mass is 10.1. The summed E-state index contributed by atoms with van der Waals surface area (Å²) in [6.07, 6.45) is 0. The van der Waals surface area contributed by atoms with E-state index >= 15 is 0 Å². The third-order valence-corrected chi connectivity index (χ3v) is 2.55. The van der Waals surface area contributed by atoms with E-state index in [0.717, 1.165) is 4.47 Å². The quantitative estimate of drug-likeness (QED) is 0.626. The Morgan fingerprint density at radius 2 is 2.07 bits per heavy atom. The van der Waals surface area contributed by atoms with Crippen LogP contribution in [0.4, 0.5) is 0 Å². The molecule has 0 amide bonds. The molecule has 1 aromatic carbocycles. The number of benzene rings is 1. The predicted octanol–water partition coefficient (Wildman–Crippen LogP) is 2.64. The van der Waals surface area contributed by atoms with E-state index in [1.54, 1.807) is 25.3 Å². The molecule has 0 atom stereocenters. The third kappa shape index (κ3) is 2.59. The van der Waals surface area contributed by atoms with Crippen LogP contribution in [-0.4, -0.2) is 20.2 Å². The molecule has 1 aromatic rings. The van der Waals surface area contributed by atoms with Gasteiger partial charge in [0.05, 0.1) is 24.3 Å². The molecule has 0 N–H and O–H groups in total. The maximum Gasteiger partial charge on any atom is 0.337 e. The number of hydrogen-bond donors (Lipinski definition) is 0. The molecule has 0 unspecified atom stereocenters. The molecule has 3 nitrogen and oxygen atoms in total. The number of hydrogen-bond acceptors (Lipinski definition) is 3. The van der Waals surface area contributed by atoms with Crippen molar-refractivity contribution in [3.63, 3.8) is 0 Å². The zero-order valence-corrected chi connectivity index (χ0v) is 10.1. The predicted molar refractivity (Wildman–Crippen MR) is 61.7 cm³/mol. The fraction of sp³-hybridized carbons (Fsp3) is 0.182. The highest BCUT2D eigenvalue weighted by Crippen LogP contribution is 2.28. The molecule has 1 rings (SSSR count). The van der Waals surface area contributed by atoms with Crippen molar-refractivity contribution in [2.24, 2.45) is 0 Å². The van der Waals surface area contributed by atoms with Crippen LogP contribution < -0.4 is 4.74 Å². The molecule has 0 fully saturated rings. The summed E-state index contributed by atoms with van der Waals surface area (Å²) in [7, 11) is 2.90. The van der Waals surface area contributed by atoms with E-state index in [0.29, 0.717) is 16.9 Å². The molecule has 0 aliphatic rings. The van der Waals surface area contributed by atoms with Gasteiger partial charge in [-0.15, -0.1) is 0 Å². The Morgan fingerprint density at radius 3 is 2.53 bits per heavy atom. The van der Waals surface area contributed by atoms with Crippen LogP contribution in [0, 0.1) is 0 Å². The number of halogens is 1. The van der Waals surface area contributed by atoms with Crippen molar-refractivity contribution < 1.29 is 14.3 Å². The van der Waals surface area contributed by atoms with Gasteiger partial charge in [0.15, 0.2) is 0 Å². The second-order valence-corrected chi connectivity index (χ2v) is 3.67. The zero-order chi connectivity index (χ0) is 11.4. The van der Waals surface area contributed by atoms with Gasteiger partial charge >= 0.3 is 5.97 Å². The molecule has 15 heavy (non-hydrogen) atoms. The minimum Gasteiger partial charge on any atom is -0.496 e. The van der Waals surface area contributed by atoms with Gasteiger partial charge in [-0.05, 0) is 33.6 Å². The first kappa shape index (κ1) is 11.8. The first-order valence-corrected chi connectivity index (χ1v) is 5.00. The van der Waals surface area contributed by atoms with Crippen LogP contribution in [0.2, 0.25) is 0 Å². The van der Waals surface area contributed by atoms with E-state index < -0.39 is 5.97 Å². The summed E-state index contributed by atoms with van der Waals surface area (Å²) in [4.78, 5) is 11.2. The minimum atomic E-state index is -0.438. The summed E-state index contributed by atoms with van der Waals surface area (Å²) in [6.45, 7) is 3.66. The molecule has 0 saturated heterocycles. The van der Waals surface area contributed by atoms with Crippen LogP contribution >= 0.6 is 15.9 Å². The number of ether oxygens (including phenoxy) is 2. The van der Waals surface area contributed by atoms with Gasteiger partial charge in [-0.25, -0.2) is 4.79 Å². The normalized spacial score (nSPS) is 9.53. The van der Waals surface area contributed by atoms with Crippen LogP contribution in [0.3, 0.4) is 0 Å². The van der Waals surface area contributed by atoms with Gasteiger partial charge in [0.2, 0.25) is 0 Å². The topological polar surface area (TPSA) is 35.5 Å². The molecule has 0 bridgehead atoms. The summed E-state index contributed by atoms with van der Waals surface area (Å²) >= 11 is 3.33. The van der Waals surface area contributed by atoms with Gasteiger partial charge < -0.3 is 9.47 Å². The Labute approximate surface area is 96.8 Å². The van der Waals surface area contributed by atoms with E-state index in [1.165, 1.54) is 7.11 Å². The Balaban J connectivity index is 3.02. The van der Waals surface area contributed by atoms with Crippen molar-refractivity contribution in [3.05, 3.63) is 34.8 Å². The first-order chi connectivity index (χ1) is 7.10. The molecule has 0 aliphatic heterocycles. The van der Waals surface area contributed by atoms with E-state index in [4.69, 9.17) is 4.74 Å². The lowest BCUT2D eigenvalue weighted by molar-refractivity contribution is -0.133. The van der Waals surface area contributed by atoms with E-state index in [9.17, 15) is 4.79 Å². The largest absolute Gasteiger partial charge is 0.496 e. The second-order valence-electron chi connectivity index (χ2n) is 2.82. The second kappa shape index (κ2) is 4.98. The van der Waals surface area contributed by atoms with Crippen molar-refractivity contribution in [2.75, 3.05) is 14.2 Å². The van der Waals surface area contributed by atoms with Crippen LogP contribution in [0.25, 0.3) is 5.57 Å². The summed E-state index contributed by atoms with van der Waals surface area (Å²) in [5.41, 5.74) is 1.02. The minimum absolute atomic E-state index is 0.320. The van der Waals surface area contributed by atoms with Crippen molar-refractivity contribution in [3.8, 4) is 5.75 Å². The summed E-state index contributed by atoms with van der Waals surface area (Å²) in [5, 5.41) is 0.